The zero-order chi connectivity index (χ0) is 12.3. The lowest BCUT2D eigenvalue weighted by atomic mass is 10.2. The number of hydrogen-bond acceptors (Lipinski definition) is 6. The molecule has 9 heteroatoms. The third kappa shape index (κ3) is 3.79. The zero-order valence-electron chi connectivity index (χ0n) is 8.49. The summed E-state index contributed by atoms with van der Waals surface area (Å²) in [6.45, 7) is 1.33. The van der Waals surface area contributed by atoms with Gasteiger partial charge in [0.25, 0.3) is 0 Å². The van der Waals surface area contributed by atoms with Gasteiger partial charge in [-0.15, -0.1) is 10.2 Å². The van der Waals surface area contributed by atoms with E-state index in [2.05, 4.69) is 10.2 Å². The van der Waals surface area contributed by atoms with Gasteiger partial charge in [0.1, 0.15) is 5.25 Å². The summed E-state index contributed by atoms with van der Waals surface area (Å²) in [4.78, 5) is 0. The van der Waals surface area contributed by atoms with Crippen molar-refractivity contribution in [1.29, 1.82) is 0 Å². The molecule has 0 aliphatic rings. The molecule has 0 aliphatic heterocycles. The molecular formula is C7H10F3N3S3. The van der Waals surface area contributed by atoms with E-state index in [-0.39, 0.29) is 0 Å². The Labute approximate surface area is 103 Å². The number of nitrogens with zero attached hydrogens (tertiary/aromatic N) is 2. The van der Waals surface area contributed by atoms with E-state index in [1.54, 1.807) is 6.26 Å². The summed E-state index contributed by atoms with van der Waals surface area (Å²) in [7, 11) is 0. The summed E-state index contributed by atoms with van der Waals surface area (Å²) < 4.78 is 38.7. The minimum Gasteiger partial charge on any atom is -0.327 e. The summed E-state index contributed by atoms with van der Waals surface area (Å²) in [6.07, 6.45) is -2.54. The second-order valence-electron chi connectivity index (χ2n) is 2.98. The predicted octanol–water partition coefficient (Wildman–Crippen LogP) is 2.63. The Morgan fingerprint density at radius 3 is 2.25 bits per heavy atom. The Morgan fingerprint density at radius 2 is 1.88 bits per heavy atom. The van der Waals surface area contributed by atoms with Gasteiger partial charge in [0.05, 0.1) is 0 Å². The van der Waals surface area contributed by atoms with Crippen LogP contribution >= 0.6 is 34.9 Å². The number of hydrogen-bond donors (Lipinski definition) is 1. The van der Waals surface area contributed by atoms with Gasteiger partial charge in [0.2, 0.25) is 0 Å². The molecule has 0 aromatic carbocycles. The van der Waals surface area contributed by atoms with E-state index >= 15 is 0 Å². The number of thioether (sulfide) groups is 2. The average molecular weight is 289 g/mol. The Morgan fingerprint density at radius 1 is 1.31 bits per heavy atom. The molecule has 0 saturated carbocycles. The zero-order valence-corrected chi connectivity index (χ0v) is 10.9. The van der Waals surface area contributed by atoms with Crippen molar-refractivity contribution in [3.8, 4) is 0 Å². The highest BCUT2D eigenvalue weighted by Crippen LogP contribution is 2.38. The minimum atomic E-state index is -4.33. The first-order valence-corrected chi connectivity index (χ1v) is 7.13. The van der Waals surface area contributed by atoms with Gasteiger partial charge in [-0.2, -0.15) is 13.2 Å². The lowest BCUT2D eigenvalue weighted by Crippen LogP contribution is -2.40. The van der Waals surface area contributed by atoms with Gasteiger partial charge in [-0.25, -0.2) is 0 Å². The molecule has 0 fully saturated rings. The Balaban J connectivity index is 2.76. The van der Waals surface area contributed by atoms with Crippen molar-refractivity contribution in [3.05, 3.63) is 0 Å². The topological polar surface area (TPSA) is 51.8 Å². The summed E-state index contributed by atoms with van der Waals surface area (Å²) >= 11 is 3.12. The molecule has 2 atom stereocenters. The number of aromatic nitrogens is 2. The maximum atomic E-state index is 12.6. The second kappa shape index (κ2) is 5.56. The molecule has 16 heavy (non-hydrogen) atoms. The van der Waals surface area contributed by atoms with Crippen molar-refractivity contribution < 1.29 is 13.2 Å². The van der Waals surface area contributed by atoms with E-state index in [9.17, 15) is 13.2 Å². The molecule has 0 aliphatic carbocycles. The molecule has 0 saturated heterocycles. The third-order valence-electron chi connectivity index (χ3n) is 1.59. The molecule has 0 spiro atoms. The third-order valence-corrected chi connectivity index (χ3v) is 5.06. The summed E-state index contributed by atoms with van der Waals surface area (Å²) in [5.41, 5.74) is 5.32. The predicted molar refractivity (Wildman–Crippen MR) is 61.0 cm³/mol. The van der Waals surface area contributed by atoms with Crippen molar-refractivity contribution >= 4 is 34.9 Å². The van der Waals surface area contributed by atoms with Crippen LogP contribution in [0, 0.1) is 0 Å². The minimum absolute atomic E-state index is 0.295. The van der Waals surface area contributed by atoms with Gasteiger partial charge >= 0.3 is 6.18 Å². The quantitative estimate of drug-likeness (QED) is 0.864. The van der Waals surface area contributed by atoms with E-state index in [4.69, 9.17) is 5.73 Å². The number of alkyl halides is 3. The van der Waals surface area contributed by atoms with Crippen LogP contribution < -0.4 is 5.73 Å². The van der Waals surface area contributed by atoms with Gasteiger partial charge in [-0.05, 0) is 13.2 Å². The highest BCUT2D eigenvalue weighted by Gasteiger charge is 2.43. The van der Waals surface area contributed by atoms with Crippen LogP contribution in [0.5, 0.6) is 0 Å². The van der Waals surface area contributed by atoms with Crippen LogP contribution in [0.2, 0.25) is 0 Å². The van der Waals surface area contributed by atoms with Crippen molar-refractivity contribution in [2.75, 3.05) is 6.26 Å². The summed E-state index contributed by atoms with van der Waals surface area (Å²) in [5, 5.41) is 5.77. The first-order valence-electron chi connectivity index (χ1n) is 4.21. The maximum Gasteiger partial charge on any atom is 0.402 e. The molecule has 0 radical (unpaired) electrons. The van der Waals surface area contributed by atoms with Gasteiger partial charge in [-0.3, -0.25) is 0 Å². The first-order chi connectivity index (χ1) is 7.34. The van der Waals surface area contributed by atoms with E-state index in [1.807, 2.05) is 0 Å². The van der Waals surface area contributed by atoms with E-state index in [0.29, 0.717) is 20.4 Å². The lowest BCUT2D eigenvalue weighted by Gasteiger charge is -2.21. The fraction of sp³-hybridized carbons (Fsp3) is 0.714. The highest BCUT2D eigenvalue weighted by atomic mass is 32.2. The van der Waals surface area contributed by atoms with Crippen LogP contribution in [0.15, 0.2) is 8.68 Å². The molecule has 1 rings (SSSR count). The maximum absolute atomic E-state index is 12.6. The number of rotatable bonds is 4. The molecule has 3 nitrogen and oxygen atoms in total. The molecular weight excluding hydrogens is 279 g/mol. The van der Waals surface area contributed by atoms with Crippen molar-refractivity contribution in [3.63, 3.8) is 0 Å². The largest absolute Gasteiger partial charge is 0.402 e. The van der Waals surface area contributed by atoms with Crippen LogP contribution in [-0.4, -0.2) is 33.9 Å². The fourth-order valence-corrected chi connectivity index (χ4v) is 3.47. The average Bonchev–Trinajstić information content (AvgIpc) is 2.59. The second-order valence-corrected chi connectivity index (χ2v) is 6.40. The van der Waals surface area contributed by atoms with E-state index in [1.165, 1.54) is 18.7 Å². The van der Waals surface area contributed by atoms with Gasteiger partial charge in [0.15, 0.2) is 8.68 Å². The van der Waals surface area contributed by atoms with E-state index in [0.717, 1.165) is 11.3 Å². The van der Waals surface area contributed by atoms with Crippen LogP contribution in [0.3, 0.4) is 0 Å². The van der Waals surface area contributed by atoms with Crippen molar-refractivity contribution in [1.82, 2.24) is 10.2 Å². The number of nitrogens with two attached hydrogens (primary N) is 1. The Bertz CT molecular complexity index is 339. The number of halogens is 3. The van der Waals surface area contributed by atoms with E-state index < -0.39 is 17.5 Å². The monoisotopic (exact) mass is 289 g/mol. The van der Waals surface area contributed by atoms with Crippen molar-refractivity contribution in [2.45, 2.75) is 33.1 Å². The first kappa shape index (κ1) is 14.1. The molecule has 0 bridgehead atoms. The Kier molecular flexibility index (Phi) is 4.89. The van der Waals surface area contributed by atoms with Crippen LogP contribution in [0.1, 0.15) is 6.92 Å². The standard InChI is InChI=1S/C7H10F3N3S3/c1-3(11)4(7(8,9)10)15-6-13-12-5(14-2)16-6/h3-4H,11H2,1-2H3. The van der Waals surface area contributed by atoms with Gasteiger partial charge in [-0.1, -0.05) is 34.9 Å². The van der Waals surface area contributed by atoms with Crippen LogP contribution in [0.4, 0.5) is 13.2 Å². The molecule has 92 valence electrons. The highest BCUT2D eigenvalue weighted by molar-refractivity contribution is 8.03. The molecule has 2 N–H and O–H groups in total. The Hall–Kier alpha value is 0.01000. The van der Waals surface area contributed by atoms with Crippen molar-refractivity contribution in [2.24, 2.45) is 5.73 Å². The summed E-state index contributed by atoms with van der Waals surface area (Å²) in [6, 6.07) is -0.980. The molecule has 2 unspecified atom stereocenters. The SMILES string of the molecule is CSc1nnc(SC(C(C)N)C(F)(F)F)s1. The molecule has 1 aromatic heterocycles. The fourth-order valence-electron chi connectivity index (χ4n) is 0.908. The molecule has 0 amide bonds. The normalized spacial score (nSPS) is 16.1. The molecule has 1 heterocycles. The van der Waals surface area contributed by atoms with Gasteiger partial charge < -0.3 is 5.73 Å². The summed E-state index contributed by atoms with van der Waals surface area (Å²) in [5.74, 6) is 0. The lowest BCUT2D eigenvalue weighted by molar-refractivity contribution is -0.131. The van der Waals surface area contributed by atoms with Crippen LogP contribution in [-0.2, 0) is 0 Å². The van der Waals surface area contributed by atoms with Gasteiger partial charge in [0, 0.05) is 6.04 Å². The smallest absolute Gasteiger partial charge is 0.327 e. The molecule has 1 aromatic rings. The van der Waals surface area contributed by atoms with Crippen LogP contribution in [0.25, 0.3) is 0 Å².